The van der Waals surface area contributed by atoms with Gasteiger partial charge in [0.1, 0.15) is 5.82 Å². The molecule has 1 aromatic carbocycles. The minimum absolute atomic E-state index is 0.150. The Bertz CT molecular complexity index is 540. The van der Waals surface area contributed by atoms with Crippen molar-refractivity contribution in [1.29, 1.82) is 0 Å². The number of aromatic nitrogens is 1. The summed E-state index contributed by atoms with van der Waals surface area (Å²) in [6.07, 6.45) is 1.66. The van der Waals surface area contributed by atoms with Crippen LogP contribution in [-0.4, -0.2) is 10.9 Å². The molecule has 0 fully saturated rings. The predicted octanol–water partition coefficient (Wildman–Crippen LogP) is 3.40. The molecule has 1 amide bonds. The molecule has 3 nitrogen and oxygen atoms in total. The van der Waals surface area contributed by atoms with E-state index in [0.717, 1.165) is 10.0 Å². The molecular formula is C13H11BrN2O. The summed E-state index contributed by atoms with van der Waals surface area (Å²) in [5, 5.41) is 2.78. The van der Waals surface area contributed by atoms with E-state index in [0.29, 0.717) is 11.4 Å². The fourth-order valence-electron chi connectivity index (χ4n) is 1.44. The number of aryl methyl sites for hydroxylation is 1. The Hall–Kier alpha value is -1.68. The van der Waals surface area contributed by atoms with Crippen LogP contribution in [0.15, 0.2) is 47.1 Å². The van der Waals surface area contributed by atoms with E-state index in [1.54, 1.807) is 18.3 Å². The van der Waals surface area contributed by atoms with Gasteiger partial charge < -0.3 is 5.32 Å². The van der Waals surface area contributed by atoms with Crippen molar-refractivity contribution in [2.75, 3.05) is 5.32 Å². The fraction of sp³-hybridized carbons (Fsp3) is 0.0769. The molecule has 0 radical (unpaired) electrons. The molecule has 0 saturated heterocycles. The Morgan fingerprint density at radius 3 is 2.65 bits per heavy atom. The van der Waals surface area contributed by atoms with Crippen LogP contribution in [-0.2, 0) is 0 Å². The lowest BCUT2D eigenvalue weighted by atomic mass is 10.2. The third kappa shape index (κ3) is 2.91. The van der Waals surface area contributed by atoms with Crippen LogP contribution in [0, 0.1) is 6.92 Å². The lowest BCUT2D eigenvalue weighted by Crippen LogP contribution is -2.13. The van der Waals surface area contributed by atoms with Crippen LogP contribution >= 0.6 is 15.9 Å². The summed E-state index contributed by atoms with van der Waals surface area (Å²) in [5.41, 5.74) is 1.54. The zero-order valence-electron chi connectivity index (χ0n) is 9.27. The third-order valence-corrected chi connectivity index (χ3v) is 2.75. The smallest absolute Gasteiger partial charge is 0.256 e. The first-order valence-electron chi connectivity index (χ1n) is 5.15. The molecule has 1 N–H and O–H groups in total. The van der Waals surface area contributed by atoms with Gasteiger partial charge in [-0.15, -0.1) is 0 Å². The number of amides is 1. The molecule has 4 heteroatoms. The third-order valence-electron chi connectivity index (χ3n) is 2.31. The second kappa shape index (κ2) is 5.10. The van der Waals surface area contributed by atoms with Crippen molar-refractivity contribution in [2.24, 2.45) is 0 Å². The second-order valence-electron chi connectivity index (χ2n) is 3.64. The van der Waals surface area contributed by atoms with Gasteiger partial charge in [-0.1, -0.05) is 18.2 Å². The molecule has 0 spiro atoms. The van der Waals surface area contributed by atoms with Crippen LogP contribution in [0.25, 0.3) is 0 Å². The van der Waals surface area contributed by atoms with Gasteiger partial charge in [-0.25, -0.2) is 4.98 Å². The van der Waals surface area contributed by atoms with Crippen LogP contribution in [0.3, 0.4) is 0 Å². The van der Waals surface area contributed by atoms with Crippen LogP contribution in [0.5, 0.6) is 0 Å². The van der Waals surface area contributed by atoms with Gasteiger partial charge in [-0.2, -0.15) is 0 Å². The maximum Gasteiger partial charge on any atom is 0.256 e. The molecule has 0 atom stereocenters. The van der Waals surface area contributed by atoms with Gasteiger partial charge in [0.25, 0.3) is 5.91 Å². The first-order chi connectivity index (χ1) is 8.16. The summed E-state index contributed by atoms with van der Waals surface area (Å²) in [7, 11) is 0. The van der Waals surface area contributed by atoms with E-state index >= 15 is 0 Å². The zero-order valence-corrected chi connectivity index (χ0v) is 10.9. The molecule has 0 aliphatic rings. The van der Waals surface area contributed by atoms with Crippen molar-refractivity contribution in [1.82, 2.24) is 4.98 Å². The number of hydrogen-bond acceptors (Lipinski definition) is 2. The van der Waals surface area contributed by atoms with E-state index in [1.807, 2.05) is 31.2 Å². The SMILES string of the molecule is Cc1cc(Br)cnc1NC(=O)c1ccccc1. The molecule has 2 aromatic rings. The number of nitrogens with zero attached hydrogens (tertiary/aromatic N) is 1. The summed E-state index contributed by atoms with van der Waals surface area (Å²) >= 11 is 3.33. The lowest BCUT2D eigenvalue weighted by Gasteiger charge is -2.07. The van der Waals surface area contributed by atoms with E-state index in [4.69, 9.17) is 0 Å². The van der Waals surface area contributed by atoms with Crippen molar-refractivity contribution >= 4 is 27.7 Å². The number of halogens is 1. The highest BCUT2D eigenvalue weighted by Crippen LogP contribution is 2.17. The molecule has 2 rings (SSSR count). The number of nitrogens with one attached hydrogen (secondary N) is 1. The quantitative estimate of drug-likeness (QED) is 0.921. The minimum atomic E-state index is -0.150. The highest BCUT2D eigenvalue weighted by atomic mass is 79.9. The largest absolute Gasteiger partial charge is 0.306 e. The molecule has 1 aromatic heterocycles. The number of pyridine rings is 1. The van der Waals surface area contributed by atoms with Gasteiger partial charge in [-0.3, -0.25) is 4.79 Å². The van der Waals surface area contributed by atoms with Gasteiger partial charge in [0.05, 0.1) is 0 Å². The van der Waals surface area contributed by atoms with Crippen molar-refractivity contribution < 1.29 is 4.79 Å². The molecule has 17 heavy (non-hydrogen) atoms. The Morgan fingerprint density at radius 2 is 2.00 bits per heavy atom. The Balaban J connectivity index is 2.19. The standard InChI is InChI=1S/C13H11BrN2O/c1-9-7-11(14)8-15-12(9)16-13(17)10-5-3-2-4-6-10/h2-8H,1H3,(H,15,16,17). The molecule has 0 unspecified atom stereocenters. The molecular weight excluding hydrogens is 280 g/mol. The normalized spacial score (nSPS) is 10.0. The van der Waals surface area contributed by atoms with Gasteiger partial charge >= 0.3 is 0 Å². The van der Waals surface area contributed by atoms with E-state index in [9.17, 15) is 4.79 Å². The molecule has 1 heterocycles. The zero-order chi connectivity index (χ0) is 12.3. The van der Waals surface area contributed by atoms with E-state index in [2.05, 4.69) is 26.2 Å². The molecule has 0 saturated carbocycles. The Labute approximate surface area is 108 Å². The summed E-state index contributed by atoms with van der Waals surface area (Å²) in [5.74, 6) is 0.436. The molecule has 86 valence electrons. The molecule has 0 aliphatic carbocycles. The maximum absolute atomic E-state index is 11.9. The van der Waals surface area contributed by atoms with Crippen molar-refractivity contribution in [3.63, 3.8) is 0 Å². The summed E-state index contributed by atoms with van der Waals surface area (Å²) in [4.78, 5) is 16.1. The summed E-state index contributed by atoms with van der Waals surface area (Å²) in [6, 6.07) is 11.0. The number of hydrogen-bond donors (Lipinski definition) is 1. The maximum atomic E-state index is 11.9. The topological polar surface area (TPSA) is 42.0 Å². The van der Waals surface area contributed by atoms with Gasteiger partial charge in [-0.05, 0) is 46.6 Å². The Kier molecular flexibility index (Phi) is 3.54. The molecule has 0 bridgehead atoms. The van der Waals surface area contributed by atoms with E-state index < -0.39 is 0 Å². The number of carbonyl (C=O) groups is 1. The minimum Gasteiger partial charge on any atom is -0.306 e. The average Bonchev–Trinajstić information content (AvgIpc) is 2.34. The summed E-state index contributed by atoms with van der Waals surface area (Å²) < 4.78 is 0.896. The van der Waals surface area contributed by atoms with Gasteiger partial charge in [0.15, 0.2) is 0 Å². The Morgan fingerprint density at radius 1 is 1.29 bits per heavy atom. The highest BCUT2D eigenvalue weighted by molar-refractivity contribution is 9.10. The van der Waals surface area contributed by atoms with E-state index in [-0.39, 0.29) is 5.91 Å². The number of benzene rings is 1. The number of rotatable bonds is 2. The van der Waals surface area contributed by atoms with Gasteiger partial charge in [0, 0.05) is 16.2 Å². The lowest BCUT2D eigenvalue weighted by molar-refractivity contribution is 0.102. The van der Waals surface area contributed by atoms with Gasteiger partial charge in [0.2, 0.25) is 0 Å². The van der Waals surface area contributed by atoms with E-state index in [1.165, 1.54) is 0 Å². The van der Waals surface area contributed by atoms with Crippen molar-refractivity contribution in [2.45, 2.75) is 6.92 Å². The van der Waals surface area contributed by atoms with Crippen molar-refractivity contribution in [3.8, 4) is 0 Å². The highest BCUT2D eigenvalue weighted by Gasteiger charge is 2.07. The second-order valence-corrected chi connectivity index (χ2v) is 4.55. The van der Waals surface area contributed by atoms with Crippen LogP contribution in [0.2, 0.25) is 0 Å². The fourth-order valence-corrected chi connectivity index (χ4v) is 1.89. The predicted molar refractivity (Wildman–Crippen MR) is 71.1 cm³/mol. The molecule has 0 aliphatic heterocycles. The van der Waals surface area contributed by atoms with Crippen LogP contribution in [0.1, 0.15) is 15.9 Å². The number of carbonyl (C=O) groups excluding carboxylic acids is 1. The first-order valence-corrected chi connectivity index (χ1v) is 5.94. The van der Waals surface area contributed by atoms with Crippen molar-refractivity contribution in [3.05, 3.63) is 58.2 Å². The van der Waals surface area contributed by atoms with Crippen LogP contribution < -0.4 is 5.32 Å². The monoisotopic (exact) mass is 290 g/mol. The summed E-state index contributed by atoms with van der Waals surface area (Å²) in [6.45, 7) is 1.90. The average molecular weight is 291 g/mol. The number of anilines is 1. The van der Waals surface area contributed by atoms with Crippen LogP contribution in [0.4, 0.5) is 5.82 Å². The first kappa shape index (κ1) is 11.8.